The Morgan fingerprint density at radius 1 is 1.50 bits per heavy atom. The zero-order valence-electron chi connectivity index (χ0n) is 11.5. The van der Waals surface area contributed by atoms with Crippen LogP contribution in [0.5, 0.6) is 0 Å². The molecule has 0 bridgehead atoms. The first-order chi connectivity index (χ1) is 9.52. The van der Waals surface area contributed by atoms with E-state index in [9.17, 15) is 9.59 Å². The summed E-state index contributed by atoms with van der Waals surface area (Å²) in [4.78, 5) is 31.7. The zero-order valence-corrected chi connectivity index (χ0v) is 12.2. The molecule has 2 rings (SSSR count). The van der Waals surface area contributed by atoms with Gasteiger partial charge in [0.1, 0.15) is 6.04 Å². The Labute approximate surface area is 122 Å². The summed E-state index contributed by atoms with van der Waals surface area (Å²) in [6.45, 7) is 1.58. The van der Waals surface area contributed by atoms with Crippen molar-refractivity contribution in [2.24, 2.45) is 0 Å². The molecule has 2 heterocycles. The van der Waals surface area contributed by atoms with Crippen molar-refractivity contribution in [3.8, 4) is 0 Å². The van der Waals surface area contributed by atoms with Crippen LogP contribution in [-0.4, -0.2) is 66.4 Å². The number of aromatic nitrogens is 1. The molecule has 1 N–H and O–H groups in total. The predicted octanol–water partition coefficient (Wildman–Crippen LogP) is 0.237. The van der Waals surface area contributed by atoms with Gasteiger partial charge in [0.15, 0.2) is 0 Å². The zero-order chi connectivity index (χ0) is 14.7. The van der Waals surface area contributed by atoms with E-state index in [1.807, 2.05) is 0 Å². The van der Waals surface area contributed by atoms with E-state index in [2.05, 4.69) is 10.3 Å². The predicted molar refractivity (Wildman–Crippen MR) is 75.6 cm³/mol. The van der Waals surface area contributed by atoms with Crippen LogP contribution in [0.2, 0.25) is 5.02 Å². The van der Waals surface area contributed by atoms with Crippen LogP contribution in [0.1, 0.15) is 10.4 Å². The lowest BCUT2D eigenvalue weighted by Crippen LogP contribution is -2.59. The first-order valence-corrected chi connectivity index (χ1v) is 6.72. The van der Waals surface area contributed by atoms with Gasteiger partial charge in [0, 0.05) is 46.1 Å². The summed E-state index contributed by atoms with van der Waals surface area (Å²) in [5.74, 6) is -0.338. The molecule has 1 fully saturated rings. The number of rotatable bonds is 2. The minimum absolute atomic E-state index is 0.101. The van der Waals surface area contributed by atoms with Crippen molar-refractivity contribution in [3.63, 3.8) is 0 Å². The number of halogens is 1. The number of amides is 2. The van der Waals surface area contributed by atoms with E-state index < -0.39 is 6.04 Å². The van der Waals surface area contributed by atoms with Crippen LogP contribution >= 0.6 is 11.6 Å². The van der Waals surface area contributed by atoms with Crippen LogP contribution < -0.4 is 5.32 Å². The van der Waals surface area contributed by atoms with Crippen molar-refractivity contribution in [1.29, 1.82) is 0 Å². The second kappa shape index (κ2) is 6.19. The molecule has 6 nitrogen and oxygen atoms in total. The normalized spacial score (nSPS) is 18.8. The van der Waals surface area contributed by atoms with Crippen molar-refractivity contribution < 1.29 is 9.59 Å². The number of piperazine rings is 1. The number of carbonyl (C=O) groups excluding carboxylic acids is 2. The van der Waals surface area contributed by atoms with Crippen LogP contribution in [0.3, 0.4) is 0 Å². The van der Waals surface area contributed by atoms with Gasteiger partial charge in [-0.2, -0.15) is 0 Å². The summed E-state index contributed by atoms with van der Waals surface area (Å²) in [5.41, 5.74) is 0.375. The molecule has 1 atom stereocenters. The number of likely N-dealkylation sites (N-methyl/N-ethyl adjacent to an activating group) is 1. The molecule has 1 aliphatic rings. The molecular weight excluding hydrogens is 280 g/mol. The van der Waals surface area contributed by atoms with E-state index >= 15 is 0 Å². The van der Waals surface area contributed by atoms with Gasteiger partial charge < -0.3 is 15.1 Å². The van der Waals surface area contributed by atoms with Gasteiger partial charge in [-0.25, -0.2) is 0 Å². The molecule has 108 valence electrons. The quantitative estimate of drug-likeness (QED) is 0.849. The Morgan fingerprint density at radius 3 is 2.90 bits per heavy atom. The highest BCUT2D eigenvalue weighted by Crippen LogP contribution is 2.18. The van der Waals surface area contributed by atoms with Gasteiger partial charge in [-0.1, -0.05) is 11.6 Å². The summed E-state index contributed by atoms with van der Waals surface area (Å²) in [6, 6.07) is 1.07. The lowest BCUT2D eigenvalue weighted by atomic mass is 10.1. The molecule has 0 spiro atoms. The SMILES string of the molecule is CN(C)C(=O)C1CNCCN1C(=O)c1ccncc1Cl. The summed E-state index contributed by atoms with van der Waals surface area (Å²) in [5, 5.41) is 3.43. The van der Waals surface area contributed by atoms with Crippen molar-refractivity contribution in [1.82, 2.24) is 20.1 Å². The molecule has 0 radical (unpaired) electrons. The Morgan fingerprint density at radius 2 is 2.25 bits per heavy atom. The highest BCUT2D eigenvalue weighted by molar-refractivity contribution is 6.33. The summed E-state index contributed by atoms with van der Waals surface area (Å²) in [7, 11) is 3.36. The Balaban J connectivity index is 2.26. The Kier molecular flexibility index (Phi) is 4.57. The maximum absolute atomic E-state index is 12.6. The molecule has 1 aliphatic heterocycles. The molecule has 20 heavy (non-hydrogen) atoms. The highest BCUT2D eigenvalue weighted by Gasteiger charge is 2.34. The van der Waals surface area contributed by atoms with Gasteiger partial charge in [-0.05, 0) is 6.07 Å². The molecule has 0 saturated carbocycles. The maximum atomic E-state index is 12.6. The van der Waals surface area contributed by atoms with Gasteiger partial charge in [-0.15, -0.1) is 0 Å². The maximum Gasteiger partial charge on any atom is 0.256 e. The average Bonchev–Trinajstić information content (AvgIpc) is 2.46. The molecule has 0 aliphatic carbocycles. The number of carbonyl (C=O) groups is 2. The second-order valence-corrected chi connectivity index (χ2v) is 5.21. The number of hydrogen-bond acceptors (Lipinski definition) is 4. The molecule has 7 heteroatoms. The van der Waals surface area contributed by atoms with E-state index in [0.29, 0.717) is 30.2 Å². The van der Waals surface area contributed by atoms with Gasteiger partial charge in [-0.3, -0.25) is 14.6 Å². The lowest BCUT2D eigenvalue weighted by Gasteiger charge is -2.36. The summed E-state index contributed by atoms with van der Waals surface area (Å²) in [6.07, 6.45) is 2.95. The van der Waals surface area contributed by atoms with Gasteiger partial charge in [0.25, 0.3) is 5.91 Å². The van der Waals surface area contributed by atoms with E-state index in [4.69, 9.17) is 11.6 Å². The lowest BCUT2D eigenvalue weighted by molar-refractivity contribution is -0.134. The van der Waals surface area contributed by atoms with Crippen molar-refractivity contribution in [2.75, 3.05) is 33.7 Å². The minimum Gasteiger partial charge on any atom is -0.347 e. The van der Waals surface area contributed by atoms with Crippen molar-refractivity contribution in [2.45, 2.75) is 6.04 Å². The fourth-order valence-electron chi connectivity index (χ4n) is 2.17. The molecule has 1 saturated heterocycles. The van der Waals surface area contributed by atoms with Crippen LogP contribution in [0.25, 0.3) is 0 Å². The molecule has 0 aromatic carbocycles. The van der Waals surface area contributed by atoms with Gasteiger partial charge >= 0.3 is 0 Å². The number of pyridine rings is 1. The standard InChI is InChI=1S/C13H17ClN4O2/c1-17(2)13(20)11-8-16-5-6-18(11)12(19)9-3-4-15-7-10(9)14/h3-4,7,11,16H,5-6,8H2,1-2H3. The first kappa shape index (κ1) is 14.7. The molecular formula is C13H17ClN4O2. The van der Waals surface area contributed by atoms with E-state index in [1.54, 1.807) is 25.1 Å². The highest BCUT2D eigenvalue weighted by atomic mass is 35.5. The van der Waals surface area contributed by atoms with Gasteiger partial charge in [0.05, 0.1) is 10.6 Å². The smallest absolute Gasteiger partial charge is 0.256 e. The van der Waals surface area contributed by atoms with E-state index in [-0.39, 0.29) is 11.8 Å². The monoisotopic (exact) mass is 296 g/mol. The topological polar surface area (TPSA) is 65.5 Å². The van der Waals surface area contributed by atoms with E-state index in [0.717, 1.165) is 0 Å². The Hall–Kier alpha value is -1.66. The second-order valence-electron chi connectivity index (χ2n) is 4.81. The Bertz CT molecular complexity index is 521. The molecule has 1 aromatic heterocycles. The van der Waals surface area contributed by atoms with E-state index in [1.165, 1.54) is 17.3 Å². The fourth-order valence-corrected chi connectivity index (χ4v) is 2.37. The van der Waals surface area contributed by atoms with Crippen LogP contribution in [0.4, 0.5) is 0 Å². The number of nitrogens with one attached hydrogen (secondary N) is 1. The summed E-state index contributed by atoms with van der Waals surface area (Å²) >= 11 is 6.01. The third-order valence-electron chi connectivity index (χ3n) is 3.23. The average molecular weight is 297 g/mol. The number of nitrogens with zero attached hydrogens (tertiary/aromatic N) is 3. The largest absolute Gasteiger partial charge is 0.347 e. The molecule has 1 aromatic rings. The first-order valence-electron chi connectivity index (χ1n) is 6.34. The number of hydrogen-bond donors (Lipinski definition) is 1. The third-order valence-corrected chi connectivity index (χ3v) is 3.53. The van der Waals surface area contributed by atoms with Crippen LogP contribution in [0.15, 0.2) is 18.5 Å². The van der Waals surface area contributed by atoms with Crippen molar-refractivity contribution >= 4 is 23.4 Å². The van der Waals surface area contributed by atoms with Crippen LogP contribution in [0, 0.1) is 0 Å². The molecule has 1 unspecified atom stereocenters. The third kappa shape index (κ3) is 2.91. The summed E-state index contributed by atoms with van der Waals surface area (Å²) < 4.78 is 0. The molecule has 2 amide bonds. The minimum atomic E-state index is -0.504. The van der Waals surface area contributed by atoms with Crippen LogP contribution in [-0.2, 0) is 4.79 Å². The fraction of sp³-hybridized carbons (Fsp3) is 0.462. The van der Waals surface area contributed by atoms with Gasteiger partial charge in [0.2, 0.25) is 5.91 Å². The van der Waals surface area contributed by atoms with Crippen molar-refractivity contribution in [3.05, 3.63) is 29.0 Å².